The highest BCUT2D eigenvalue weighted by atomic mass is 35.5. The molecule has 7 aliphatic rings. The third-order valence-electron chi connectivity index (χ3n) is 26.5. The summed E-state index contributed by atoms with van der Waals surface area (Å²) >= 11 is 18.5. The summed E-state index contributed by atoms with van der Waals surface area (Å²) < 4.78 is 89.0. The molecule has 4 aromatic carbocycles. The smallest absolute Gasteiger partial charge is 0.293 e. The first kappa shape index (κ1) is 104. The average Bonchev–Trinajstić information content (AvgIpc) is 1.59. The van der Waals surface area contributed by atoms with Crippen LogP contribution in [0.3, 0.4) is 0 Å². The first-order valence-electron chi connectivity index (χ1n) is 44.8. The van der Waals surface area contributed by atoms with Crippen LogP contribution in [0.15, 0.2) is 72.8 Å². The Kier molecular flexibility index (Phi) is 29.8. The van der Waals surface area contributed by atoms with Crippen LogP contribution in [0.2, 0.25) is 15.1 Å². The number of nitrogens with one attached hydrogen (secondary N) is 11. The number of likely N-dealkylation sites (N-methyl/N-ethyl adjacent to an activating group) is 3. The lowest BCUT2D eigenvalue weighted by Gasteiger charge is -2.45. The summed E-state index contributed by atoms with van der Waals surface area (Å²) in [6.45, 7) is 25.1. The van der Waals surface area contributed by atoms with E-state index in [4.69, 9.17) is 34.8 Å². The molecule has 0 spiro atoms. The van der Waals surface area contributed by atoms with Gasteiger partial charge in [-0.15, -0.1) is 0 Å². The highest BCUT2D eigenvalue weighted by molar-refractivity contribution is 6.46. The Balaban J connectivity index is 0.000000166. The first-order chi connectivity index (χ1) is 64.5. The van der Waals surface area contributed by atoms with Crippen molar-refractivity contribution in [3.63, 3.8) is 0 Å². The van der Waals surface area contributed by atoms with Crippen molar-refractivity contribution in [2.24, 2.45) is 0 Å². The Morgan fingerprint density at radius 3 is 0.797 bits per heavy atom. The number of benzene rings is 4. The molecule has 31 nitrogen and oxygen atoms in total. The standard InChI is InChI=1S/C26H27F2N5O4.2C25H27ClF2N4O4.C22H26ClN3O3/c1-13-5-7-17(9-16(13)10-29)31-22(35)20-15(3)19(18-8-6-14(2)33(18)20)21(34)23(36)32-25(24(37)30-4)11-26(27,28)12-25;2*1-12-5-7-15(9-16(12)26)30-21(34)19-14(3)18(17-8-6-13(2)32(17)19)20(33)22(35)31-24(23(36)29-4)10-25(27,28)11-24;1-11(2)24-22(29)20(27)18-14(5)19(26-13(4)7-9-17(18)26)21(28)25-15-8-6-12(3)16(23)10-15/h5,7,9,14H,6,8,11-12H2,1-4H3,(H,30,37)(H,31,35)(H,32,36);2*5,7,9,13H,6,8,10-11H2,1-4H3,(H,29,36)(H,30,34)(H,31,35);6,8,10-11,13H,7,9H2,1-5H3,(H,24,29)(H,25,28)/t;13-;;/m.0../s1. The number of aryl methyl sites for hydroxylation is 4. The van der Waals surface area contributed by atoms with Crippen LogP contribution < -0.4 is 58.5 Å². The number of rotatable bonds is 23. The highest BCUT2D eigenvalue weighted by Gasteiger charge is 2.65. The third-order valence-corrected chi connectivity index (χ3v) is 27.7. The Bertz CT molecular complexity index is 6310. The molecule has 3 unspecified atom stereocenters. The zero-order chi connectivity index (χ0) is 102. The Morgan fingerprint density at radius 1 is 0.362 bits per heavy atom. The van der Waals surface area contributed by atoms with Crippen LogP contribution in [-0.4, -0.2) is 168 Å². The van der Waals surface area contributed by atoms with E-state index >= 15 is 0 Å². The predicted molar refractivity (Wildman–Crippen MR) is 503 cm³/mol. The van der Waals surface area contributed by atoms with E-state index in [1.807, 2.05) is 59.1 Å². The number of anilines is 4. The van der Waals surface area contributed by atoms with Gasteiger partial charge in [0.1, 0.15) is 39.4 Å². The molecule has 3 saturated carbocycles. The van der Waals surface area contributed by atoms with Crippen molar-refractivity contribution in [3.8, 4) is 6.07 Å². The summed E-state index contributed by atoms with van der Waals surface area (Å²) in [5.74, 6) is -21.2. The van der Waals surface area contributed by atoms with Crippen molar-refractivity contribution in [2.75, 3.05) is 42.4 Å². The van der Waals surface area contributed by atoms with Crippen LogP contribution in [0.5, 0.6) is 0 Å². The van der Waals surface area contributed by atoms with Crippen molar-refractivity contribution < 1.29 is 98.3 Å². The van der Waals surface area contributed by atoms with Crippen LogP contribution in [0, 0.1) is 66.7 Å². The number of carbonyl (C=O) groups is 15. The molecule has 732 valence electrons. The van der Waals surface area contributed by atoms with E-state index in [-0.39, 0.29) is 75.5 Å². The minimum atomic E-state index is -3.13. The molecule has 0 radical (unpaired) electrons. The van der Waals surface area contributed by atoms with Gasteiger partial charge in [-0.05, 0) is 241 Å². The van der Waals surface area contributed by atoms with E-state index < -0.39 is 155 Å². The van der Waals surface area contributed by atoms with E-state index in [2.05, 4.69) is 64.6 Å². The number of nitrogens with zero attached hydrogens (tertiary/aromatic N) is 5. The van der Waals surface area contributed by atoms with Gasteiger partial charge in [0.25, 0.3) is 88.2 Å². The first-order valence-corrected chi connectivity index (χ1v) is 45.9. The molecule has 4 aromatic heterocycles. The van der Waals surface area contributed by atoms with Gasteiger partial charge in [-0.3, -0.25) is 71.9 Å². The maximum Gasteiger partial charge on any atom is 0.293 e. The molecule has 15 rings (SSSR count). The molecule has 138 heavy (non-hydrogen) atoms. The number of hydrogen-bond acceptors (Lipinski definition) is 16. The molecule has 3 fully saturated rings. The molecule has 8 heterocycles. The van der Waals surface area contributed by atoms with E-state index in [0.29, 0.717) is 133 Å². The van der Waals surface area contributed by atoms with Gasteiger partial charge in [0.05, 0.1) is 33.9 Å². The summed E-state index contributed by atoms with van der Waals surface area (Å²) in [6, 6.07) is 22.1. The highest BCUT2D eigenvalue weighted by Crippen LogP contribution is 2.50. The predicted octanol–water partition coefficient (Wildman–Crippen LogP) is 14.6. The van der Waals surface area contributed by atoms with E-state index in [9.17, 15) is 104 Å². The van der Waals surface area contributed by atoms with Crippen molar-refractivity contribution in [3.05, 3.63) is 206 Å². The summed E-state index contributed by atoms with van der Waals surface area (Å²) in [7, 11) is 3.80. The van der Waals surface area contributed by atoms with Gasteiger partial charge in [-0.1, -0.05) is 59.1 Å². The number of hydrogen-bond donors (Lipinski definition) is 11. The SMILES string of the molecule is CNC(=O)C1(NC(=O)C(=O)c2c(C)c(C(=O)Nc3ccc(C)c(C#N)c3)n3c2CCC3C)CC(F)(F)C1.CNC(=O)C1(NC(=O)C(=O)c2c(C)c(C(=O)Nc3ccc(C)c(Cl)c3)n3c2CCC3C)CC(F)(F)C1.CNC(=O)C1(NC(=O)C(=O)c2c(C)c(C(=O)Nc3ccc(C)c(Cl)c3)n3c2CC[C@@H]3C)CC(F)(F)C1.Cc1ccc(NC(=O)c2c(C)c(C(=O)C(=O)NC(C)C)c3n2C(C)CC3)cc1Cl. The lowest BCUT2D eigenvalue weighted by atomic mass is 9.72. The molecule has 11 N–H and O–H groups in total. The van der Waals surface area contributed by atoms with Crippen molar-refractivity contribution in [1.29, 1.82) is 5.26 Å². The molecule has 4 aliphatic heterocycles. The van der Waals surface area contributed by atoms with Gasteiger partial charge in [0, 0.05) is 150 Å². The van der Waals surface area contributed by atoms with Crippen LogP contribution in [0.1, 0.15) is 286 Å². The Morgan fingerprint density at radius 2 is 0.587 bits per heavy atom. The fourth-order valence-corrected chi connectivity index (χ4v) is 20.1. The molecule has 0 saturated heterocycles. The van der Waals surface area contributed by atoms with Crippen LogP contribution in [0.25, 0.3) is 0 Å². The second-order valence-electron chi connectivity index (χ2n) is 37.0. The summed E-state index contributed by atoms with van der Waals surface area (Å²) in [5, 5.41) is 38.2. The minimum absolute atomic E-state index is 0.0340. The molecule has 4 atom stereocenters. The van der Waals surface area contributed by atoms with E-state index in [1.165, 1.54) is 21.1 Å². The molecule has 11 amide bonds. The van der Waals surface area contributed by atoms with E-state index in [0.717, 1.165) is 34.4 Å². The maximum atomic E-state index is 13.7. The van der Waals surface area contributed by atoms with Gasteiger partial charge >= 0.3 is 0 Å². The van der Waals surface area contributed by atoms with Crippen LogP contribution in [-0.2, 0) is 59.2 Å². The molecule has 40 heteroatoms. The topological polar surface area (TPSA) is 432 Å². The fourth-order valence-electron chi connectivity index (χ4n) is 19.6. The van der Waals surface area contributed by atoms with Crippen molar-refractivity contribution in [2.45, 2.75) is 251 Å². The number of amides is 11. The molecule has 0 bridgehead atoms. The number of ketones is 4. The summed E-state index contributed by atoms with van der Waals surface area (Å²) in [5.41, 5.74) is 5.43. The zero-order valence-electron chi connectivity index (χ0n) is 79.0. The van der Waals surface area contributed by atoms with Crippen LogP contribution in [0.4, 0.5) is 49.1 Å². The number of fused-ring (bicyclic) bond motifs is 4. The Hall–Kier alpha value is -13.2. The second-order valence-corrected chi connectivity index (χ2v) is 38.2. The normalized spacial score (nSPS) is 18.2. The maximum absolute atomic E-state index is 13.7. The number of alkyl halides is 6. The number of Topliss-reactive ketones (excluding diaryl/α,β-unsaturated/α-hetero) is 4. The number of nitriles is 1. The van der Waals surface area contributed by atoms with Gasteiger partial charge in [-0.25, -0.2) is 26.3 Å². The molecular weight excluding hydrogens is 1860 g/mol. The number of halogens is 9. The van der Waals surface area contributed by atoms with Crippen molar-refractivity contribution >= 4 is 146 Å². The molecule has 3 aliphatic carbocycles. The van der Waals surface area contributed by atoms with Gasteiger partial charge in [0.2, 0.25) is 17.7 Å². The lowest BCUT2D eigenvalue weighted by Crippen LogP contribution is -2.69. The van der Waals surface area contributed by atoms with Crippen LogP contribution >= 0.6 is 34.8 Å². The monoisotopic (exact) mass is 1970 g/mol. The average molecular weight is 1970 g/mol. The number of aromatic nitrogens is 4. The third kappa shape index (κ3) is 20.3. The second kappa shape index (κ2) is 39.7. The molecule has 8 aromatic rings. The van der Waals surface area contributed by atoms with Gasteiger partial charge < -0.3 is 76.8 Å². The summed E-state index contributed by atoms with van der Waals surface area (Å²) in [4.78, 5) is 194. The van der Waals surface area contributed by atoms with E-state index in [1.54, 1.807) is 129 Å². The zero-order valence-corrected chi connectivity index (χ0v) is 81.2. The van der Waals surface area contributed by atoms with Gasteiger partial charge in [0.15, 0.2) is 0 Å². The summed E-state index contributed by atoms with van der Waals surface area (Å²) in [6.07, 6.45) is -0.618. The molecular formula is C98H107Cl3F6N16O15. The Labute approximate surface area is 805 Å². The largest absolute Gasteiger partial charge is 0.357 e. The van der Waals surface area contributed by atoms with Crippen molar-refractivity contribution in [1.82, 2.24) is 55.5 Å². The fraction of sp³-hybridized carbons (Fsp3) is 0.429. The lowest BCUT2D eigenvalue weighted by molar-refractivity contribution is -0.164. The quantitative estimate of drug-likeness (QED) is 0.0161. The minimum Gasteiger partial charge on any atom is -0.357 e. The van der Waals surface area contributed by atoms with Gasteiger partial charge in [-0.2, -0.15) is 5.26 Å². The number of carbonyl (C=O) groups excluding carboxylic acids is 15.